The van der Waals surface area contributed by atoms with Crippen molar-refractivity contribution >= 4 is 17.4 Å². The summed E-state index contributed by atoms with van der Waals surface area (Å²) in [7, 11) is 0. The molecule has 1 aromatic heterocycles. The normalized spacial score (nSPS) is 11.5. The Hall–Kier alpha value is -2.60. The fraction of sp³-hybridized carbons (Fsp3) is 0.158. The van der Waals surface area contributed by atoms with Gasteiger partial charge < -0.3 is 4.42 Å². The molecule has 1 heterocycles. The van der Waals surface area contributed by atoms with Gasteiger partial charge in [0.1, 0.15) is 17.7 Å². The maximum absolute atomic E-state index is 12.7. The third kappa shape index (κ3) is 4.52. The number of ketones is 1. The van der Waals surface area contributed by atoms with Crippen LogP contribution in [-0.4, -0.2) is 10.8 Å². The first-order valence-electron chi connectivity index (χ1n) is 7.69. The van der Waals surface area contributed by atoms with Crippen molar-refractivity contribution in [2.45, 2.75) is 19.0 Å². The Morgan fingerprint density at radius 3 is 2.50 bits per heavy atom. The first-order valence-corrected chi connectivity index (χ1v) is 8.07. The van der Waals surface area contributed by atoms with E-state index in [0.29, 0.717) is 16.3 Å². The summed E-state index contributed by atoms with van der Waals surface area (Å²) in [6.45, 7) is 0. The maximum atomic E-state index is 12.7. The zero-order chi connectivity index (χ0) is 18.7. The molecule has 7 heteroatoms. The number of aromatic nitrogens is 1. The highest BCUT2D eigenvalue weighted by atomic mass is 35.5. The van der Waals surface area contributed by atoms with Crippen molar-refractivity contribution in [1.82, 2.24) is 4.98 Å². The number of alkyl halides is 3. The van der Waals surface area contributed by atoms with Crippen LogP contribution < -0.4 is 0 Å². The average molecular weight is 380 g/mol. The van der Waals surface area contributed by atoms with Crippen LogP contribution in [0.25, 0.3) is 11.3 Å². The van der Waals surface area contributed by atoms with E-state index in [9.17, 15) is 18.0 Å². The van der Waals surface area contributed by atoms with Crippen LogP contribution in [0.5, 0.6) is 0 Å². The molecular formula is C19H13ClF3NO2. The second-order valence-corrected chi connectivity index (χ2v) is 6.16. The van der Waals surface area contributed by atoms with E-state index in [2.05, 4.69) is 4.98 Å². The number of carbonyl (C=O) groups excluding carboxylic acids is 1. The van der Waals surface area contributed by atoms with Crippen molar-refractivity contribution < 1.29 is 22.4 Å². The molecule has 0 aliphatic rings. The predicted molar refractivity (Wildman–Crippen MR) is 90.8 cm³/mol. The molecule has 0 saturated heterocycles. The number of hydrogen-bond acceptors (Lipinski definition) is 3. The minimum atomic E-state index is -4.44. The van der Waals surface area contributed by atoms with Gasteiger partial charge in [-0.15, -0.1) is 0 Å². The molecule has 0 N–H and O–H groups in total. The summed E-state index contributed by atoms with van der Waals surface area (Å²) in [6, 6.07) is 11.7. The third-order valence-corrected chi connectivity index (χ3v) is 3.95. The van der Waals surface area contributed by atoms with E-state index >= 15 is 0 Å². The van der Waals surface area contributed by atoms with Crippen molar-refractivity contribution in [3.63, 3.8) is 0 Å². The predicted octanol–water partition coefficient (Wildman–Crippen LogP) is 5.37. The van der Waals surface area contributed by atoms with Crippen molar-refractivity contribution in [3.05, 3.63) is 76.8 Å². The van der Waals surface area contributed by atoms with Gasteiger partial charge in [-0.3, -0.25) is 4.79 Å². The molecule has 3 nitrogen and oxygen atoms in total. The SMILES string of the molecule is O=C(Cc1cccc(C(F)(F)F)c1)Cc1nc(-c2ccc(Cl)cc2)co1. The molecule has 0 radical (unpaired) electrons. The summed E-state index contributed by atoms with van der Waals surface area (Å²) in [5, 5.41) is 0.591. The molecule has 2 aromatic carbocycles. The van der Waals surface area contributed by atoms with Crippen LogP contribution in [0, 0.1) is 0 Å². The Morgan fingerprint density at radius 2 is 1.81 bits per heavy atom. The summed E-state index contributed by atoms with van der Waals surface area (Å²) >= 11 is 5.83. The lowest BCUT2D eigenvalue weighted by Crippen LogP contribution is -2.09. The van der Waals surface area contributed by atoms with Crippen LogP contribution in [0.4, 0.5) is 13.2 Å². The van der Waals surface area contributed by atoms with Crippen LogP contribution in [0.15, 0.2) is 59.2 Å². The monoisotopic (exact) mass is 379 g/mol. The third-order valence-electron chi connectivity index (χ3n) is 3.70. The fourth-order valence-electron chi connectivity index (χ4n) is 2.46. The number of oxazole rings is 1. The molecule has 26 heavy (non-hydrogen) atoms. The summed E-state index contributed by atoms with van der Waals surface area (Å²) in [6.07, 6.45) is -3.22. The van der Waals surface area contributed by atoms with Crippen molar-refractivity contribution in [2.75, 3.05) is 0 Å². The molecular weight excluding hydrogens is 367 g/mol. The number of Topliss-reactive ketones (excluding diaryl/α,β-unsaturated/α-hetero) is 1. The summed E-state index contributed by atoms with van der Waals surface area (Å²) in [5.41, 5.74) is 0.872. The Bertz CT molecular complexity index is 917. The molecule has 0 saturated carbocycles. The Balaban J connectivity index is 1.67. The molecule has 0 aliphatic carbocycles. The molecule has 0 fully saturated rings. The van der Waals surface area contributed by atoms with E-state index in [1.807, 2.05) is 0 Å². The van der Waals surface area contributed by atoms with Crippen LogP contribution in [0.3, 0.4) is 0 Å². The van der Waals surface area contributed by atoms with Gasteiger partial charge >= 0.3 is 6.18 Å². The van der Waals surface area contributed by atoms with E-state index in [-0.39, 0.29) is 24.5 Å². The number of nitrogens with zero attached hydrogens (tertiary/aromatic N) is 1. The number of benzene rings is 2. The lowest BCUT2D eigenvalue weighted by Gasteiger charge is -2.08. The topological polar surface area (TPSA) is 43.1 Å². The Kier molecular flexibility index (Phi) is 5.13. The molecule has 0 amide bonds. The van der Waals surface area contributed by atoms with E-state index in [1.54, 1.807) is 24.3 Å². The van der Waals surface area contributed by atoms with Crippen molar-refractivity contribution in [2.24, 2.45) is 0 Å². The quantitative estimate of drug-likeness (QED) is 0.598. The highest BCUT2D eigenvalue weighted by molar-refractivity contribution is 6.30. The van der Waals surface area contributed by atoms with Gasteiger partial charge in [0, 0.05) is 17.0 Å². The van der Waals surface area contributed by atoms with Gasteiger partial charge in [-0.25, -0.2) is 4.98 Å². The Labute approximate surface area is 152 Å². The maximum Gasteiger partial charge on any atom is 0.416 e. The zero-order valence-electron chi connectivity index (χ0n) is 13.4. The number of halogens is 4. The second kappa shape index (κ2) is 7.33. The summed E-state index contributed by atoms with van der Waals surface area (Å²) in [5.74, 6) is -0.0687. The molecule has 3 aromatic rings. The van der Waals surface area contributed by atoms with E-state index in [0.717, 1.165) is 17.7 Å². The van der Waals surface area contributed by atoms with Gasteiger partial charge in [0.2, 0.25) is 5.89 Å². The standard InChI is InChI=1S/C19H13ClF3NO2/c20-15-6-4-13(5-7-15)17-11-26-18(24-17)10-16(25)9-12-2-1-3-14(8-12)19(21,22)23/h1-8,11H,9-10H2. The van der Waals surface area contributed by atoms with Gasteiger partial charge in [-0.05, 0) is 23.8 Å². The smallest absolute Gasteiger partial charge is 0.416 e. The highest BCUT2D eigenvalue weighted by Crippen LogP contribution is 2.29. The van der Waals surface area contributed by atoms with Gasteiger partial charge in [0.15, 0.2) is 0 Å². The molecule has 0 atom stereocenters. The molecule has 134 valence electrons. The van der Waals surface area contributed by atoms with Gasteiger partial charge in [-0.2, -0.15) is 13.2 Å². The first kappa shape index (κ1) is 18.2. The molecule has 0 bridgehead atoms. The van der Waals surface area contributed by atoms with E-state index < -0.39 is 11.7 Å². The summed E-state index contributed by atoms with van der Waals surface area (Å²) in [4.78, 5) is 16.4. The lowest BCUT2D eigenvalue weighted by molar-refractivity contribution is -0.137. The van der Waals surface area contributed by atoms with Gasteiger partial charge in [-0.1, -0.05) is 41.9 Å². The van der Waals surface area contributed by atoms with E-state index in [4.69, 9.17) is 16.0 Å². The minimum absolute atomic E-state index is 0.0934. The molecule has 3 rings (SSSR count). The highest BCUT2D eigenvalue weighted by Gasteiger charge is 2.30. The van der Waals surface area contributed by atoms with Crippen molar-refractivity contribution in [1.29, 1.82) is 0 Å². The molecule has 0 aliphatic heterocycles. The van der Waals surface area contributed by atoms with E-state index in [1.165, 1.54) is 18.4 Å². The van der Waals surface area contributed by atoms with Crippen LogP contribution >= 0.6 is 11.6 Å². The Morgan fingerprint density at radius 1 is 1.08 bits per heavy atom. The van der Waals surface area contributed by atoms with Gasteiger partial charge in [0.05, 0.1) is 12.0 Å². The number of hydrogen-bond donors (Lipinski definition) is 0. The van der Waals surface area contributed by atoms with Crippen LogP contribution in [0.1, 0.15) is 17.0 Å². The number of rotatable bonds is 5. The average Bonchev–Trinajstić information content (AvgIpc) is 3.03. The largest absolute Gasteiger partial charge is 0.448 e. The molecule has 0 unspecified atom stereocenters. The second-order valence-electron chi connectivity index (χ2n) is 5.72. The van der Waals surface area contributed by atoms with Crippen LogP contribution in [-0.2, 0) is 23.8 Å². The molecule has 0 spiro atoms. The minimum Gasteiger partial charge on any atom is -0.448 e. The zero-order valence-corrected chi connectivity index (χ0v) is 14.1. The number of carbonyl (C=O) groups is 1. The lowest BCUT2D eigenvalue weighted by atomic mass is 10.0. The van der Waals surface area contributed by atoms with Crippen molar-refractivity contribution in [3.8, 4) is 11.3 Å². The first-order chi connectivity index (χ1) is 12.3. The summed E-state index contributed by atoms with van der Waals surface area (Å²) < 4.78 is 43.5. The van der Waals surface area contributed by atoms with Gasteiger partial charge in [0.25, 0.3) is 0 Å². The fourth-order valence-corrected chi connectivity index (χ4v) is 2.59. The van der Waals surface area contributed by atoms with Crippen LogP contribution in [0.2, 0.25) is 5.02 Å².